The molecule has 0 aromatic carbocycles. The number of rotatable bonds is 4. The number of aryl methyl sites for hydroxylation is 1. The lowest BCUT2D eigenvalue weighted by atomic mass is 9.77. The van der Waals surface area contributed by atoms with Gasteiger partial charge < -0.3 is 10.0 Å². The SMILES string of the molecule is Cc1nnc(SCC(=O)N2C[C@H]3C[C@@H](n4cncn4)[C@H](O)C[C@H]3C2)s1. The van der Waals surface area contributed by atoms with Crippen molar-refractivity contribution in [2.75, 3.05) is 18.8 Å². The van der Waals surface area contributed by atoms with E-state index in [0.29, 0.717) is 24.0 Å². The molecule has 4 atom stereocenters. The first-order chi connectivity index (χ1) is 12.1. The second-order valence-electron chi connectivity index (χ2n) is 6.68. The molecule has 1 amide bonds. The lowest BCUT2D eigenvalue weighted by Gasteiger charge is -2.34. The van der Waals surface area contributed by atoms with Crippen LogP contribution in [0, 0.1) is 18.8 Å². The third kappa shape index (κ3) is 3.56. The van der Waals surface area contributed by atoms with Crippen molar-refractivity contribution in [1.29, 1.82) is 0 Å². The third-order valence-electron chi connectivity index (χ3n) is 5.06. The van der Waals surface area contributed by atoms with Crippen LogP contribution < -0.4 is 0 Å². The van der Waals surface area contributed by atoms with Gasteiger partial charge in [0, 0.05) is 13.1 Å². The van der Waals surface area contributed by atoms with Gasteiger partial charge in [0.1, 0.15) is 17.7 Å². The zero-order valence-corrected chi connectivity index (χ0v) is 15.5. The standard InChI is InChI=1S/C15H20N6O2S2/c1-9-18-19-15(25-9)24-6-14(23)20-4-10-2-12(21-8-16-7-17-21)13(22)3-11(10)5-20/h7-8,10-13,22H,2-6H2,1H3/t10-,11+,12-,13-/m1/s1. The van der Waals surface area contributed by atoms with E-state index in [9.17, 15) is 9.90 Å². The topological polar surface area (TPSA) is 97.0 Å². The van der Waals surface area contributed by atoms with Crippen LogP contribution in [0.1, 0.15) is 23.9 Å². The molecule has 1 aliphatic carbocycles. The van der Waals surface area contributed by atoms with Crippen LogP contribution in [-0.4, -0.2) is 65.8 Å². The Hall–Kier alpha value is -1.52. The Morgan fingerprint density at radius 3 is 2.84 bits per heavy atom. The zero-order valence-electron chi connectivity index (χ0n) is 13.9. The summed E-state index contributed by atoms with van der Waals surface area (Å²) in [5.74, 6) is 1.31. The van der Waals surface area contributed by atoms with Crippen LogP contribution in [0.5, 0.6) is 0 Å². The number of aliphatic hydroxyl groups is 1. The van der Waals surface area contributed by atoms with E-state index in [-0.39, 0.29) is 11.9 Å². The summed E-state index contributed by atoms with van der Waals surface area (Å²) in [6.07, 6.45) is 4.27. The first kappa shape index (κ1) is 16.9. The summed E-state index contributed by atoms with van der Waals surface area (Å²) in [6.45, 7) is 3.41. The highest BCUT2D eigenvalue weighted by Crippen LogP contribution is 2.41. The average molecular weight is 380 g/mol. The average Bonchev–Trinajstić information content (AvgIpc) is 3.32. The minimum absolute atomic E-state index is 0.0439. The van der Waals surface area contributed by atoms with Crippen LogP contribution >= 0.6 is 23.1 Å². The van der Waals surface area contributed by atoms with E-state index in [1.165, 1.54) is 29.4 Å². The first-order valence-electron chi connectivity index (χ1n) is 8.33. The summed E-state index contributed by atoms with van der Waals surface area (Å²) in [4.78, 5) is 18.4. The maximum absolute atomic E-state index is 12.5. The van der Waals surface area contributed by atoms with Gasteiger partial charge in [0.05, 0.1) is 17.9 Å². The second-order valence-corrected chi connectivity index (χ2v) is 9.08. The van der Waals surface area contributed by atoms with Crippen LogP contribution in [0.25, 0.3) is 0 Å². The summed E-state index contributed by atoms with van der Waals surface area (Å²) < 4.78 is 2.59. The van der Waals surface area contributed by atoms with Crippen LogP contribution in [0.3, 0.4) is 0 Å². The molecule has 2 aromatic heterocycles. The quantitative estimate of drug-likeness (QED) is 0.790. The Morgan fingerprint density at radius 1 is 1.36 bits per heavy atom. The van der Waals surface area contributed by atoms with E-state index in [2.05, 4.69) is 20.3 Å². The Balaban J connectivity index is 1.35. The number of carbonyl (C=O) groups is 1. The van der Waals surface area contributed by atoms with Crippen molar-refractivity contribution in [2.45, 2.75) is 36.3 Å². The molecule has 4 rings (SSSR count). The predicted octanol–water partition coefficient (Wildman–Crippen LogP) is 1.00. The summed E-state index contributed by atoms with van der Waals surface area (Å²) >= 11 is 2.96. The predicted molar refractivity (Wildman–Crippen MR) is 93.2 cm³/mol. The molecule has 134 valence electrons. The van der Waals surface area contributed by atoms with Crippen molar-refractivity contribution in [3.05, 3.63) is 17.7 Å². The van der Waals surface area contributed by atoms with Gasteiger partial charge in [-0.1, -0.05) is 23.1 Å². The number of hydrogen-bond donors (Lipinski definition) is 1. The molecule has 1 N–H and O–H groups in total. The molecule has 1 aliphatic heterocycles. The van der Waals surface area contributed by atoms with Crippen molar-refractivity contribution < 1.29 is 9.90 Å². The minimum atomic E-state index is -0.434. The van der Waals surface area contributed by atoms with Gasteiger partial charge in [-0.05, 0) is 31.6 Å². The highest BCUT2D eigenvalue weighted by Gasteiger charge is 2.43. The number of likely N-dealkylation sites (tertiary alicyclic amines) is 1. The van der Waals surface area contributed by atoms with Gasteiger partial charge in [0.25, 0.3) is 0 Å². The molecule has 0 spiro atoms. The van der Waals surface area contributed by atoms with Crippen LogP contribution in [-0.2, 0) is 4.79 Å². The molecule has 0 bridgehead atoms. The summed E-state index contributed by atoms with van der Waals surface area (Å²) in [7, 11) is 0. The van der Waals surface area contributed by atoms with Crippen molar-refractivity contribution in [1.82, 2.24) is 29.9 Å². The van der Waals surface area contributed by atoms with Gasteiger partial charge in [0.2, 0.25) is 5.91 Å². The highest BCUT2D eigenvalue weighted by molar-refractivity contribution is 8.01. The lowest BCUT2D eigenvalue weighted by molar-refractivity contribution is -0.127. The fourth-order valence-electron chi connectivity index (χ4n) is 3.84. The number of nitrogens with zero attached hydrogens (tertiary/aromatic N) is 6. The van der Waals surface area contributed by atoms with Crippen LogP contribution in [0.4, 0.5) is 0 Å². The van der Waals surface area contributed by atoms with E-state index in [4.69, 9.17) is 0 Å². The molecule has 25 heavy (non-hydrogen) atoms. The highest BCUT2D eigenvalue weighted by atomic mass is 32.2. The molecule has 1 saturated heterocycles. The van der Waals surface area contributed by atoms with Gasteiger partial charge in [-0.15, -0.1) is 10.2 Å². The van der Waals surface area contributed by atoms with Gasteiger partial charge in [0.15, 0.2) is 4.34 Å². The normalized spacial score (nSPS) is 29.0. The number of carbonyl (C=O) groups excluding carboxylic acids is 1. The van der Waals surface area contributed by atoms with E-state index >= 15 is 0 Å². The number of hydrogen-bond acceptors (Lipinski definition) is 8. The molecule has 8 nitrogen and oxygen atoms in total. The number of aromatic nitrogens is 5. The maximum atomic E-state index is 12.5. The number of amides is 1. The molecule has 2 aromatic rings. The fraction of sp³-hybridized carbons (Fsp3) is 0.667. The van der Waals surface area contributed by atoms with Gasteiger partial charge >= 0.3 is 0 Å². The van der Waals surface area contributed by atoms with E-state index in [0.717, 1.165) is 28.9 Å². The zero-order chi connectivity index (χ0) is 17.4. The smallest absolute Gasteiger partial charge is 0.233 e. The molecule has 1 saturated carbocycles. The third-order valence-corrected chi connectivity index (χ3v) is 7.02. The molecule has 10 heteroatoms. The summed E-state index contributed by atoms with van der Waals surface area (Å²) in [5.41, 5.74) is 0. The number of thioether (sulfide) groups is 1. The van der Waals surface area contributed by atoms with Gasteiger partial charge in [-0.25, -0.2) is 9.67 Å². The van der Waals surface area contributed by atoms with Gasteiger partial charge in [-0.2, -0.15) is 5.10 Å². The molecular formula is C15H20N6O2S2. The molecular weight excluding hydrogens is 360 g/mol. The van der Waals surface area contributed by atoms with Crippen molar-refractivity contribution in [3.8, 4) is 0 Å². The Bertz CT molecular complexity index is 736. The fourth-order valence-corrected chi connectivity index (χ4v) is 5.55. The Morgan fingerprint density at radius 2 is 2.16 bits per heavy atom. The molecule has 2 fully saturated rings. The number of aliphatic hydroxyl groups excluding tert-OH is 1. The number of fused-ring (bicyclic) bond motifs is 1. The molecule has 0 unspecified atom stereocenters. The van der Waals surface area contributed by atoms with E-state index in [1.54, 1.807) is 11.0 Å². The monoisotopic (exact) mass is 380 g/mol. The minimum Gasteiger partial charge on any atom is -0.391 e. The van der Waals surface area contributed by atoms with Crippen molar-refractivity contribution >= 4 is 29.0 Å². The summed E-state index contributed by atoms with van der Waals surface area (Å²) in [5, 5.41) is 23.6. The molecule has 3 heterocycles. The van der Waals surface area contributed by atoms with Gasteiger partial charge in [-0.3, -0.25) is 4.79 Å². The Labute approximate surface area is 153 Å². The van der Waals surface area contributed by atoms with E-state index in [1.807, 2.05) is 11.8 Å². The van der Waals surface area contributed by atoms with Crippen LogP contribution in [0.2, 0.25) is 0 Å². The van der Waals surface area contributed by atoms with E-state index < -0.39 is 6.10 Å². The van der Waals surface area contributed by atoms with Crippen LogP contribution in [0.15, 0.2) is 17.0 Å². The second kappa shape index (κ2) is 7.00. The molecule has 0 radical (unpaired) electrons. The first-order valence-corrected chi connectivity index (χ1v) is 10.1. The van der Waals surface area contributed by atoms with Crippen molar-refractivity contribution in [3.63, 3.8) is 0 Å². The lowest BCUT2D eigenvalue weighted by Crippen LogP contribution is -2.36. The van der Waals surface area contributed by atoms with Crippen molar-refractivity contribution in [2.24, 2.45) is 11.8 Å². The molecule has 2 aliphatic rings. The Kier molecular flexibility index (Phi) is 4.74. The summed E-state index contributed by atoms with van der Waals surface area (Å²) in [6, 6.07) is -0.0439. The maximum Gasteiger partial charge on any atom is 0.233 e. The largest absolute Gasteiger partial charge is 0.391 e.